The zero-order chi connectivity index (χ0) is 16.9. The average Bonchev–Trinajstić information content (AvgIpc) is 2.90. The van der Waals surface area contributed by atoms with Gasteiger partial charge in [-0.2, -0.15) is 0 Å². The van der Waals surface area contributed by atoms with Gasteiger partial charge in [0, 0.05) is 18.8 Å². The molecule has 1 aliphatic rings. The third kappa shape index (κ3) is 3.74. The molecule has 5 nitrogen and oxygen atoms in total. The van der Waals surface area contributed by atoms with Crippen LogP contribution in [0.2, 0.25) is 0 Å². The molecule has 2 amide bonds. The molecule has 24 heavy (non-hydrogen) atoms. The van der Waals surface area contributed by atoms with Crippen molar-refractivity contribution in [1.29, 1.82) is 0 Å². The molecule has 1 heterocycles. The number of nitrogens with zero attached hydrogens (tertiary/aromatic N) is 1. The van der Waals surface area contributed by atoms with Crippen LogP contribution in [0.15, 0.2) is 48.5 Å². The summed E-state index contributed by atoms with van der Waals surface area (Å²) in [6.07, 6.45) is 0.431. The molecule has 124 valence electrons. The van der Waals surface area contributed by atoms with Crippen LogP contribution in [0, 0.1) is 6.92 Å². The van der Waals surface area contributed by atoms with E-state index < -0.39 is 0 Å². The topological polar surface area (TPSA) is 58.6 Å². The minimum absolute atomic E-state index is 0.0341. The standard InChI is InChI=1S/C19H20N2O3/c1-14-6-8-16(9-7-14)24-13-18(22)20-10-11-21-17-5-3-2-4-15(17)12-19(21)23/h2-9H,10-13H2,1H3,(H,20,22). The van der Waals surface area contributed by atoms with Gasteiger partial charge in [-0.15, -0.1) is 0 Å². The Kier molecular flexibility index (Phi) is 4.79. The van der Waals surface area contributed by atoms with Crippen LogP contribution in [0.1, 0.15) is 11.1 Å². The first-order valence-corrected chi connectivity index (χ1v) is 7.98. The van der Waals surface area contributed by atoms with Crippen molar-refractivity contribution < 1.29 is 14.3 Å². The van der Waals surface area contributed by atoms with Gasteiger partial charge in [0.2, 0.25) is 5.91 Å². The minimum atomic E-state index is -0.199. The third-order valence-electron chi connectivity index (χ3n) is 3.97. The molecule has 0 saturated heterocycles. The number of hydrogen-bond acceptors (Lipinski definition) is 3. The van der Waals surface area contributed by atoms with Crippen LogP contribution in [0.25, 0.3) is 0 Å². The fraction of sp³-hybridized carbons (Fsp3) is 0.263. The lowest BCUT2D eigenvalue weighted by atomic mass is 10.2. The zero-order valence-corrected chi connectivity index (χ0v) is 13.6. The van der Waals surface area contributed by atoms with E-state index in [-0.39, 0.29) is 18.4 Å². The summed E-state index contributed by atoms with van der Waals surface area (Å²) in [6.45, 7) is 2.82. The van der Waals surface area contributed by atoms with Gasteiger partial charge < -0.3 is 15.0 Å². The molecular formula is C19H20N2O3. The molecule has 0 aromatic heterocycles. The van der Waals surface area contributed by atoms with Crippen LogP contribution in [-0.4, -0.2) is 31.5 Å². The minimum Gasteiger partial charge on any atom is -0.484 e. The van der Waals surface area contributed by atoms with E-state index in [1.165, 1.54) is 0 Å². The molecule has 3 rings (SSSR count). The van der Waals surface area contributed by atoms with E-state index in [4.69, 9.17) is 4.74 Å². The molecule has 0 saturated carbocycles. The zero-order valence-electron chi connectivity index (χ0n) is 13.6. The van der Waals surface area contributed by atoms with Gasteiger partial charge in [0.05, 0.1) is 6.42 Å². The van der Waals surface area contributed by atoms with E-state index >= 15 is 0 Å². The second kappa shape index (κ2) is 7.17. The Bertz CT molecular complexity index is 741. The van der Waals surface area contributed by atoms with Gasteiger partial charge in [-0.1, -0.05) is 35.9 Å². The number of ether oxygens (including phenoxy) is 1. The predicted molar refractivity (Wildman–Crippen MR) is 92.2 cm³/mol. The van der Waals surface area contributed by atoms with Gasteiger partial charge >= 0.3 is 0 Å². The average molecular weight is 324 g/mol. The number of rotatable bonds is 6. The number of carbonyl (C=O) groups excluding carboxylic acids is 2. The van der Waals surface area contributed by atoms with Crippen LogP contribution >= 0.6 is 0 Å². The van der Waals surface area contributed by atoms with Gasteiger partial charge in [0.25, 0.3) is 5.91 Å². The van der Waals surface area contributed by atoms with E-state index in [2.05, 4.69) is 5.32 Å². The summed E-state index contributed by atoms with van der Waals surface area (Å²) in [5.74, 6) is 0.538. The smallest absolute Gasteiger partial charge is 0.258 e. The number of nitrogens with one attached hydrogen (secondary N) is 1. The SMILES string of the molecule is Cc1ccc(OCC(=O)NCCN2C(=O)Cc3ccccc32)cc1. The summed E-state index contributed by atoms with van der Waals surface area (Å²) >= 11 is 0. The predicted octanol–water partition coefficient (Wildman–Crippen LogP) is 2.08. The van der Waals surface area contributed by atoms with Crippen LogP contribution in [0.4, 0.5) is 5.69 Å². The molecule has 0 atom stereocenters. The second-order valence-electron chi connectivity index (χ2n) is 5.80. The number of fused-ring (bicyclic) bond motifs is 1. The fourth-order valence-corrected chi connectivity index (χ4v) is 2.70. The molecule has 2 aromatic rings. The van der Waals surface area contributed by atoms with Gasteiger partial charge in [-0.05, 0) is 30.7 Å². The Morgan fingerprint density at radius 3 is 2.71 bits per heavy atom. The molecule has 1 aliphatic heterocycles. The van der Waals surface area contributed by atoms with Crippen molar-refractivity contribution in [3.63, 3.8) is 0 Å². The van der Waals surface area contributed by atoms with E-state index in [1.807, 2.05) is 55.5 Å². The summed E-state index contributed by atoms with van der Waals surface area (Å²) in [5.41, 5.74) is 3.12. The van der Waals surface area contributed by atoms with Crippen LogP contribution < -0.4 is 15.0 Å². The second-order valence-corrected chi connectivity index (χ2v) is 5.80. The summed E-state index contributed by atoms with van der Waals surface area (Å²) < 4.78 is 5.43. The maximum atomic E-state index is 12.0. The van der Waals surface area contributed by atoms with Crippen molar-refractivity contribution >= 4 is 17.5 Å². The highest BCUT2D eigenvalue weighted by Gasteiger charge is 2.26. The Hall–Kier alpha value is -2.82. The quantitative estimate of drug-likeness (QED) is 0.885. The van der Waals surface area contributed by atoms with Crippen molar-refractivity contribution in [2.24, 2.45) is 0 Å². The van der Waals surface area contributed by atoms with Gasteiger partial charge in [-0.3, -0.25) is 9.59 Å². The number of carbonyl (C=O) groups is 2. The summed E-state index contributed by atoms with van der Waals surface area (Å²) in [6, 6.07) is 15.3. The lowest BCUT2D eigenvalue weighted by molar-refractivity contribution is -0.123. The first-order chi connectivity index (χ1) is 11.6. The largest absolute Gasteiger partial charge is 0.484 e. The molecule has 2 aromatic carbocycles. The first kappa shape index (κ1) is 16.1. The number of para-hydroxylation sites is 1. The van der Waals surface area contributed by atoms with E-state index in [1.54, 1.807) is 4.90 Å². The molecule has 1 N–H and O–H groups in total. The molecule has 0 radical (unpaired) electrons. The molecule has 0 bridgehead atoms. The van der Waals surface area contributed by atoms with Crippen LogP contribution in [-0.2, 0) is 16.0 Å². The molecule has 0 fully saturated rings. The first-order valence-electron chi connectivity index (χ1n) is 7.98. The van der Waals surface area contributed by atoms with Crippen LogP contribution in [0.5, 0.6) is 5.75 Å². The van der Waals surface area contributed by atoms with E-state index in [9.17, 15) is 9.59 Å². The molecular weight excluding hydrogens is 304 g/mol. The molecule has 0 spiro atoms. The lowest BCUT2D eigenvalue weighted by Crippen LogP contribution is -2.38. The fourth-order valence-electron chi connectivity index (χ4n) is 2.70. The highest BCUT2D eigenvalue weighted by Crippen LogP contribution is 2.27. The number of benzene rings is 2. The van der Waals surface area contributed by atoms with E-state index in [0.29, 0.717) is 25.3 Å². The van der Waals surface area contributed by atoms with Crippen molar-refractivity contribution in [3.8, 4) is 5.75 Å². The highest BCUT2D eigenvalue weighted by molar-refractivity contribution is 6.01. The maximum absolute atomic E-state index is 12.0. The number of aryl methyl sites for hydroxylation is 1. The summed E-state index contributed by atoms with van der Waals surface area (Å²) in [5, 5.41) is 2.78. The Morgan fingerprint density at radius 1 is 1.17 bits per heavy atom. The van der Waals surface area contributed by atoms with Crippen molar-refractivity contribution in [3.05, 3.63) is 59.7 Å². The number of amides is 2. The lowest BCUT2D eigenvalue weighted by Gasteiger charge is -2.17. The van der Waals surface area contributed by atoms with Gasteiger partial charge in [0.1, 0.15) is 5.75 Å². The Balaban J connectivity index is 1.44. The third-order valence-corrected chi connectivity index (χ3v) is 3.97. The van der Waals surface area contributed by atoms with Crippen molar-refractivity contribution in [2.45, 2.75) is 13.3 Å². The highest BCUT2D eigenvalue weighted by atomic mass is 16.5. The Morgan fingerprint density at radius 2 is 1.92 bits per heavy atom. The summed E-state index contributed by atoms with van der Waals surface area (Å²) in [7, 11) is 0. The maximum Gasteiger partial charge on any atom is 0.258 e. The van der Waals surface area contributed by atoms with Crippen molar-refractivity contribution in [1.82, 2.24) is 5.32 Å². The van der Waals surface area contributed by atoms with Gasteiger partial charge in [0.15, 0.2) is 6.61 Å². The van der Waals surface area contributed by atoms with Gasteiger partial charge in [-0.25, -0.2) is 0 Å². The van der Waals surface area contributed by atoms with Crippen LogP contribution in [0.3, 0.4) is 0 Å². The number of hydrogen-bond donors (Lipinski definition) is 1. The Labute approximate surface area is 141 Å². The molecule has 5 heteroatoms. The normalized spacial score (nSPS) is 12.9. The van der Waals surface area contributed by atoms with E-state index in [0.717, 1.165) is 16.8 Å². The molecule has 0 aliphatic carbocycles. The molecule has 0 unspecified atom stereocenters. The number of anilines is 1. The summed E-state index contributed by atoms with van der Waals surface area (Å²) in [4.78, 5) is 25.6. The monoisotopic (exact) mass is 324 g/mol. The van der Waals surface area contributed by atoms with Crippen molar-refractivity contribution in [2.75, 3.05) is 24.6 Å².